The van der Waals surface area contributed by atoms with Crippen molar-refractivity contribution in [3.63, 3.8) is 0 Å². The number of fused-ring (bicyclic) bond motifs is 1. The van der Waals surface area contributed by atoms with Crippen LogP contribution in [0.15, 0.2) is 77.2 Å². The Hall–Kier alpha value is -5.58. The first-order chi connectivity index (χ1) is 21.8. The number of benzene rings is 3. The molecule has 0 bridgehead atoms. The molecule has 0 aliphatic carbocycles. The van der Waals surface area contributed by atoms with E-state index in [4.69, 9.17) is 18.6 Å². The molecule has 0 saturated carbocycles. The molecule has 0 fully saturated rings. The van der Waals surface area contributed by atoms with Crippen molar-refractivity contribution in [2.24, 2.45) is 0 Å². The third kappa shape index (κ3) is 7.20. The van der Waals surface area contributed by atoms with Gasteiger partial charge in [0.2, 0.25) is 0 Å². The van der Waals surface area contributed by atoms with E-state index >= 15 is 0 Å². The summed E-state index contributed by atoms with van der Waals surface area (Å²) in [5.74, 6) is -1.60. The van der Waals surface area contributed by atoms with E-state index in [9.17, 15) is 24.3 Å². The average molecular weight is 627 g/mol. The van der Waals surface area contributed by atoms with Crippen LogP contribution >= 0.6 is 0 Å². The van der Waals surface area contributed by atoms with Crippen LogP contribution in [-0.2, 0) is 22.5 Å². The van der Waals surface area contributed by atoms with E-state index in [-0.39, 0.29) is 35.8 Å². The van der Waals surface area contributed by atoms with E-state index in [1.165, 1.54) is 30.2 Å². The minimum Gasteiger partial charge on any atom is -0.493 e. The van der Waals surface area contributed by atoms with Crippen molar-refractivity contribution in [3.05, 3.63) is 101 Å². The van der Waals surface area contributed by atoms with Gasteiger partial charge in [-0.3, -0.25) is 10.1 Å². The van der Waals surface area contributed by atoms with Gasteiger partial charge >= 0.3 is 18.0 Å². The summed E-state index contributed by atoms with van der Waals surface area (Å²) in [5, 5.41) is 12.6. The monoisotopic (exact) mass is 626 g/mol. The number of hydrogen-bond donors (Lipinski definition) is 2. The molecule has 2 N–H and O–H groups in total. The highest BCUT2D eigenvalue weighted by Crippen LogP contribution is 2.36. The zero-order valence-electron chi connectivity index (χ0n) is 26.1. The number of furan rings is 1. The van der Waals surface area contributed by atoms with Gasteiger partial charge in [0, 0.05) is 24.2 Å². The number of rotatable bonds is 7. The molecular weight excluding hydrogens is 592 g/mol. The van der Waals surface area contributed by atoms with Gasteiger partial charge in [-0.25, -0.2) is 14.4 Å². The molecule has 5 rings (SSSR count). The maximum absolute atomic E-state index is 13.6. The second-order valence-corrected chi connectivity index (χ2v) is 11.9. The number of carboxylic acid groups (broad SMARTS) is 1. The third-order valence-corrected chi connectivity index (χ3v) is 7.28. The molecule has 1 unspecified atom stereocenters. The summed E-state index contributed by atoms with van der Waals surface area (Å²) in [6.45, 7) is 7.16. The number of amides is 2. The van der Waals surface area contributed by atoms with Gasteiger partial charge in [0.25, 0.3) is 5.91 Å². The molecule has 238 valence electrons. The van der Waals surface area contributed by atoms with Gasteiger partial charge < -0.3 is 28.6 Å². The minimum atomic E-state index is -1.16. The van der Waals surface area contributed by atoms with Crippen LogP contribution < -0.4 is 14.8 Å². The Kier molecular flexibility index (Phi) is 8.86. The van der Waals surface area contributed by atoms with Gasteiger partial charge in [-0.05, 0) is 87.4 Å². The molecule has 4 aromatic rings. The maximum Gasteiger partial charge on any atom is 0.412 e. The zero-order chi connectivity index (χ0) is 33.2. The van der Waals surface area contributed by atoms with Crippen LogP contribution in [0.5, 0.6) is 11.5 Å². The molecule has 11 heteroatoms. The molecule has 0 spiro atoms. The molecule has 1 aromatic heterocycles. The van der Waals surface area contributed by atoms with Crippen molar-refractivity contribution < 1.29 is 42.9 Å². The SMILES string of the molecule is COc1cc2c(cc1OC(=O)c1ccc(NC(=O)OC(C)(C)C)cc1)CN(C(=O)c1ccc(-c3ccc(C)cc3)o1)C(C(=O)O)C2. The van der Waals surface area contributed by atoms with Gasteiger partial charge in [0.1, 0.15) is 17.4 Å². The Bertz CT molecular complexity index is 1780. The summed E-state index contributed by atoms with van der Waals surface area (Å²) in [6, 6.07) is 18.9. The van der Waals surface area contributed by atoms with Crippen molar-refractivity contribution in [1.82, 2.24) is 4.90 Å². The number of carbonyl (C=O) groups excluding carboxylic acids is 3. The highest BCUT2D eigenvalue weighted by molar-refractivity contribution is 5.95. The summed E-state index contributed by atoms with van der Waals surface area (Å²) < 4.78 is 22.2. The van der Waals surface area contributed by atoms with Crippen LogP contribution in [-0.4, -0.2) is 52.7 Å². The molecule has 0 radical (unpaired) electrons. The van der Waals surface area contributed by atoms with Crippen molar-refractivity contribution >= 4 is 29.6 Å². The number of methoxy groups -OCH3 is 1. The second kappa shape index (κ2) is 12.8. The first-order valence-electron chi connectivity index (χ1n) is 14.5. The number of nitrogens with zero attached hydrogens (tertiary/aromatic N) is 1. The van der Waals surface area contributed by atoms with E-state index in [1.54, 1.807) is 51.1 Å². The van der Waals surface area contributed by atoms with Gasteiger partial charge in [0.15, 0.2) is 17.3 Å². The fraction of sp³-hybridized carbons (Fsp3) is 0.257. The predicted octanol–water partition coefficient (Wildman–Crippen LogP) is 6.48. The average Bonchev–Trinajstić information content (AvgIpc) is 3.50. The van der Waals surface area contributed by atoms with Crippen molar-refractivity contribution in [3.8, 4) is 22.8 Å². The predicted molar refractivity (Wildman–Crippen MR) is 168 cm³/mol. The van der Waals surface area contributed by atoms with Crippen molar-refractivity contribution in [2.75, 3.05) is 12.4 Å². The molecule has 1 atom stereocenters. The lowest BCUT2D eigenvalue weighted by atomic mass is 9.93. The van der Waals surface area contributed by atoms with Crippen LogP contribution in [0.3, 0.4) is 0 Å². The van der Waals surface area contributed by atoms with Gasteiger partial charge in [0.05, 0.1) is 12.7 Å². The molecule has 1 aliphatic heterocycles. The highest BCUT2D eigenvalue weighted by Gasteiger charge is 2.37. The maximum atomic E-state index is 13.6. The third-order valence-electron chi connectivity index (χ3n) is 7.28. The Morgan fingerprint density at radius 1 is 0.913 bits per heavy atom. The number of nitrogens with one attached hydrogen (secondary N) is 1. The molecular formula is C35H34N2O9. The summed E-state index contributed by atoms with van der Waals surface area (Å²) in [7, 11) is 1.41. The Morgan fingerprint density at radius 3 is 2.22 bits per heavy atom. The van der Waals surface area contributed by atoms with Crippen molar-refractivity contribution in [1.29, 1.82) is 0 Å². The minimum absolute atomic E-state index is 0.00930. The van der Waals surface area contributed by atoms with Crippen LogP contribution in [0.4, 0.5) is 10.5 Å². The molecule has 2 heterocycles. The molecule has 1 aliphatic rings. The van der Waals surface area contributed by atoms with E-state index in [2.05, 4.69) is 5.32 Å². The largest absolute Gasteiger partial charge is 0.493 e. The molecule has 3 aromatic carbocycles. The number of anilines is 1. The van der Waals surface area contributed by atoms with Crippen molar-refractivity contribution in [2.45, 2.75) is 52.3 Å². The fourth-order valence-corrected chi connectivity index (χ4v) is 5.00. The van der Waals surface area contributed by atoms with E-state index < -0.39 is 35.6 Å². The van der Waals surface area contributed by atoms with E-state index in [0.29, 0.717) is 22.6 Å². The normalized spacial score (nSPS) is 14.2. The lowest BCUT2D eigenvalue weighted by Gasteiger charge is -2.34. The number of carbonyl (C=O) groups is 4. The smallest absolute Gasteiger partial charge is 0.412 e. The Morgan fingerprint density at radius 2 is 1.59 bits per heavy atom. The number of ether oxygens (including phenoxy) is 3. The zero-order valence-corrected chi connectivity index (χ0v) is 26.1. The summed E-state index contributed by atoms with van der Waals surface area (Å²) >= 11 is 0. The van der Waals surface area contributed by atoms with Gasteiger partial charge in [-0.1, -0.05) is 29.8 Å². The Balaban J connectivity index is 1.34. The van der Waals surface area contributed by atoms with E-state index in [0.717, 1.165) is 11.1 Å². The standard InChI is InChI=1S/C35H34N2O9/c1-20-6-8-21(9-7-20)27-14-15-28(44-27)31(38)37-19-24-18-30(29(43-5)17-23(24)16-26(37)32(39)40)45-33(41)22-10-12-25(13-11-22)36-34(42)46-35(2,3)4/h6-15,17-18,26H,16,19H2,1-5H3,(H,36,42)(H,39,40). The lowest BCUT2D eigenvalue weighted by Crippen LogP contribution is -2.48. The number of hydrogen-bond acceptors (Lipinski definition) is 8. The summed E-state index contributed by atoms with van der Waals surface area (Å²) in [6.07, 6.45) is -0.614. The number of aliphatic carboxylic acids is 1. The molecule has 0 saturated heterocycles. The molecule has 11 nitrogen and oxygen atoms in total. The summed E-state index contributed by atoms with van der Waals surface area (Å²) in [4.78, 5) is 52.2. The first kappa shape index (κ1) is 31.8. The van der Waals surface area contributed by atoms with Gasteiger partial charge in [-0.15, -0.1) is 0 Å². The quantitative estimate of drug-likeness (QED) is 0.174. The highest BCUT2D eigenvalue weighted by atomic mass is 16.6. The van der Waals surface area contributed by atoms with E-state index in [1.807, 2.05) is 31.2 Å². The number of carboxylic acids is 1. The van der Waals surface area contributed by atoms with Gasteiger partial charge in [-0.2, -0.15) is 0 Å². The van der Waals surface area contributed by atoms with Crippen LogP contribution in [0.1, 0.15) is 58.4 Å². The second-order valence-electron chi connectivity index (χ2n) is 11.9. The first-order valence-corrected chi connectivity index (χ1v) is 14.5. The van der Waals surface area contributed by atoms with Crippen LogP contribution in [0, 0.1) is 6.92 Å². The van der Waals surface area contributed by atoms with Crippen LogP contribution in [0.2, 0.25) is 0 Å². The number of aryl methyl sites for hydroxylation is 1. The number of esters is 1. The fourth-order valence-electron chi connectivity index (χ4n) is 5.00. The lowest BCUT2D eigenvalue weighted by molar-refractivity contribution is -0.142. The summed E-state index contributed by atoms with van der Waals surface area (Å²) in [5.41, 5.74) is 3.08. The molecule has 2 amide bonds. The Labute approximate surface area is 265 Å². The molecule has 46 heavy (non-hydrogen) atoms. The topological polar surface area (TPSA) is 145 Å². The van der Waals surface area contributed by atoms with Crippen LogP contribution in [0.25, 0.3) is 11.3 Å².